The van der Waals surface area contributed by atoms with Gasteiger partial charge in [-0.15, -0.1) is 0 Å². The van der Waals surface area contributed by atoms with E-state index in [1.807, 2.05) is 0 Å². The van der Waals surface area contributed by atoms with Gasteiger partial charge in [-0.25, -0.2) is 9.37 Å². The van der Waals surface area contributed by atoms with Gasteiger partial charge in [0.05, 0.1) is 16.9 Å². The number of amides is 3. The summed E-state index contributed by atoms with van der Waals surface area (Å²) >= 11 is 0. The molecule has 4 heterocycles. The SMILES string of the molecule is C=CC(=O)N1CC(N2CCN(C(C)CN(C)c3c(F)cccc3N(C)C(=O)[C@@H]3CCC(=O)N3c3cc(C(F)(F)F)cc(C)n3)CC2)C1. The van der Waals surface area contributed by atoms with Crippen molar-refractivity contribution in [3.8, 4) is 0 Å². The molecule has 3 aliphatic rings. The van der Waals surface area contributed by atoms with Gasteiger partial charge in [-0.2, -0.15) is 13.2 Å². The van der Waals surface area contributed by atoms with Gasteiger partial charge in [-0.05, 0) is 50.6 Å². The van der Waals surface area contributed by atoms with Crippen LogP contribution in [0.4, 0.5) is 34.8 Å². The molecule has 0 aliphatic carbocycles. The molecule has 0 saturated carbocycles. The summed E-state index contributed by atoms with van der Waals surface area (Å²) in [6.45, 7) is 12.2. The summed E-state index contributed by atoms with van der Waals surface area (Å²) in [7, 11) is 3.24. The molecule has 0 bridgehead atoms. The van der Waals surface area contributed by atoms with E-state index >= 15 is 4.39 Å². The number of nitrogens with zero attached hydrogens (tertiary/aromatic N) is 7. The van der Waals surface area contributed by atoms with Crippen LogP contribution in [-0.4, -0.2) is 115 Å². The van der Waals surface area contributed by atoms with Crippen LogP contribution in [0.5, 0.6) is 0 Å². The normalized spacial score (nSPS) is 20.3. The Hall–Kier alpha value is -4.04. The fourth-order valence-corrected chi connectivity index (χ4v) is 6.78. The molecule has 2 aromatic rings. The number of carbonyl (C=O) groups excluding carboxylic acids is 3. The molecule has 254 valence electrons. The first-order valence-corrected chi connectivity index (χ1v) is 15.7. The summed E-state index contributed by atoms with van der Waals surface area (Å²) < 4.78 is 56.1. The quantitative estimate of drug-likeness (QED) is 0.301. The number of likely N-dealkylation sites (N-methyl/N-ethyl adjacent to an activating group) is 2. The lowest BCUT2D eigenvalue weighted by Gasteiger charge is -2.48. The van der Waals surface area contributed by atoms with E-state index in [0.717, 1.165) is 43.2 Å². The first-order valence-electron chi connectivity index (χ1n) is 15.7. The Labute approximate surface area is 272 Å². The second-order valence-corrected chi connectivity index (χ2v) is 12.6. The average molecular weight is 660 g/mol. The van der Waals surface area contributed by atoms with Crippen LogP contribution in [0.3, 0.4) is 0 Å². The van der Waals surface area contributed by atoms with Crippen LogP contribution >= 0.6 is 0 Å². The maximum absolute atomic E-state index is 15.5. The van der Waals surface area contributed by atoms with Gasteiger partial charge in [0.25, 0.3) is 0 Å². The van der Waals surface area contributed by atoms with E-state index in [1.54, 1.807) is 22.9 Å². The molecule has 10 nitrogen and oxygen atoms in total. The fraction of sp³-hybridized carbons (Fsp3) is 0.515. The van der Waals surface area contributed by atoms with Crippen LogP contribution in [0.2, 0.25) is 0 Å². The van der Waals surface area contributed by atoms with Crippen molar-refractivity contribution in [1.29, 1.82) is 0 Å². The number of para-hydroxylation sites is 1. The third-order valence-electron chi connectivity index (χ3n) is 9.43. The summed E-state index contributed by atoms with van der Waals surface area (Å²) in [5, 5.41) is 0. The standard InChI is InChI=1S/C33H41F4N7O3/c1-6-29(45)43-19-24(20-43)42-14-12-41(13-15-42)22(3)18-39(4)31-25(34)8-7-9-26(31)40(5)32(47)27-10-11-30(46)44(27)28-17-23(33(35,36)37)16-21(2)38-28/h6-9,16-17,22,24,27H,1,10-15,18-20H2,2-5H3/t22?,27-/m0/s1. The Kier molecular flexibility index (Phi) is 9.92. The van der Waals surface area contributed by atoms with E-state index in [1.165, 1.54) is 37.1 Å². The first-order chi connectivity index (χ1) is 22.2. The Morgan fingerprint density at radius 1 is 1.13 bits per heavy atom. The number of piperazine rings is 1. The summed E-state index contributed by atoms with van der Waals surface area (Å²) in [6, 6.07) is 5.38. The van der Waals surface area contributed by atoms with Gasteiger partial charge in [-0.3, -0.25) is 29.1 Å². The van der Waals surface area contributed by atoms with E-state index < -0.39 is 35.4 Å². The predicted molar refractivity (Wildman–Crippen MR) is 171 cm³/mol. The Morgan fingerprint density at radius 2 is 1.81 bits per heavy atom. The Balaban J connectivity index is 1.27. The lowest BCUT2D eigenvalue weighted by molar-refractivity contribution is -0.137. The maximum Gasteiger partial charge on any atom is 0.416 e. The third kappa shape index (κ3) is 7.13. The molecule has 1 unspecified atom stereocenters. The number of anilines is 3. The van der Waals surface area contributed by atoms with Gasteiger partial charge in [0.2, 0.25) is 17.7 Å². The Morgan fingerprint density at radius 3 is 2.45 bits per heavy atom. The lowest BCUT2D eigenvalue weighted by atomic mass is 10.1. The molecule has 0 N–H and O–H groups in total. The molecular weight excluding hydrogens is 618 g/mol. The van der Waals surface area contributed by atoms with Crippen molar-refractivity contribution in [1.82, 2.24) is 19.7 Å². The summed E-state index contributed by atoms with van der Waals surface area (Å²) in [4.78, 5) is 53.3. The van der Waals surface area contributed by atoms with Crippen LogP contribution in [0, 0.1) is 12.7 Å². The average Bonchev–Trinajstić information content (AvgIpc) is 3.39. The van der Waals surface area contributed by atoms with Crippen molar-refractivity contribution < 1.29 is 31.9 Å². The zero-order chi connectivity index (χ0) is 34.2. The summed E-state index contributed by atoms with van der Waals surface area (Å²) in [5.74, 6) is -1.88. The number of halogens is 4. The third-order valence-corrected chi connectivity index (χ3v) is 9.43. The number of carbonyl (C=O) groups is 3. The topological polar surface area (TPSA) is 83.5 Å². The maximum atomic E-state index is 15.5. The zero-order valence-electron chi connectivity index (χ0n) is 27.1. The number of rotatable bonds is 9. The summed E-state index contributed by atoms with van der Waals surface area (Å²) in [6.07, 6.45) is -3.26. The molecule has 0 radical (unpaired) electrons. The molecule has 3 aliphatic heterocycles. The first kappa shape index (κ1) is 34.3. The van der Waals surface area contributed by atoms with Gasteiger partial charge in [0.1, 0.15) is 17.7 Å². The van der Waals surface area contributed by atoms with Crippen LogP contribution in [0.25, 0.3) is 0 Å². The number of pyridine rings is 1. The van der Waals surface area contributed by atoms with Crippen molar-refractivity contribution >= 4 is 34.9 Å². The highest BCUT2D eigenvalue weighted by molar-refractivity contribution is 6.09. The number of benzene rings is 1. The van der Waals surface area contributed by atoms with E-state index in [4.69, 9.17) is 0 Å². The van der Waals surface area contributed by atoms with Crippen molar-refractivity contribution in [3.05, 3.63) is 60.1 Å². The minimum Gasteiger partial charge on any atom is -0.369 e. The number of aryl methyl sites for hydroxylation is 1. The van der Waals surface area contributed by atoms with Crippen molar-refractivity contribution in [2.75, 3.05) is 74.6 Å². The molecule has 5 rings (SSSR count). The van der Waals surface area contributed by atoms with E-state index in [-0.39, 0.29) is 47.7 Å². The van der Waals surface area contributed by atoms with Gasteiger partial charge >= 0.3 is 6.18 Å². The van der Waals surface area contributed by atoms with Crippen molar-refractivity contribution in [3.63, 3.8) is 0 Å². The zero-order valence-corrected chi connectivity index (χ0v) is 27.1. The van der Waals surface area contributed by atoms with Gasteiger partial charge in [0, 0.05) is 84.1 Å². The predicted octanol–water partition coefficient (Wildman–Crippen LogP) is 3.55. The van der Waals surface area contributed by atoms with Crippen molar-refractivity contribution in [2.45, 2.75) is 51.0 Å². The number of hydrogen-bond acceptors (Lipinski definition) is 7. The molecule has 3 fully saturated rings. The van der Waals surface area contributed by atoms with Crippen LogP contribution in [0.15, 0.2) is 43.0 Å². The Bertz CT molecular complexity index is 1520. The molecule has 2 atom stereocenters. The number of likely N-dealkylation sites (tertiary alicyclic amines) is 1. The molecule has 1 aromatic heterocycles. The van der Waals surface area contributed by atoms with Gasteiger partial charge in [0.15, 0.2) is 0 Å². The smallest absolute Gasteiger partial charge is 0.369 e. The largest absolute Gasteiger partial charge is 0.416 e. The molecule has 14 heteroatoms. The molecule has 1 aromatic carbocycles. The highest BCUT2D eigenvalue weighted by Crippen LogP contribution is 2.36. The van der Waals surface area contributed by atoms with E-state index in [9.17, 15) is 27.6 Å². The number of hydrogen-bond donors (Lipinski definition) is 0. The monoisotopic (exact) mass is 659 g/mol. The van der Waals surface area contributed by atoms with E-state index in [0.29, 0.717) is 25.7 Å². The molecule has 0 spiro atoms. The molecule has 3 saturated heterocycles. The second kappa shape index (κ2) is 13.6. The molecule has 47 heavy (non-hydrogen) atoms. The fourth-order valence-electron chi connectivity index (χ4n) is 6.78. The summed E-state index contributed by atoms with van der Waals surface area (Å²) in [5.41, 5.74) is -0.406. The number of alkyl halides is 3. The molecular formula is C33H41F4N7O3. The minimum atomic E-state index is -4.65. The van der Waals surface area contributed by atoms with E-state index in [2.05, 4.69) is 28.3 Å². The van der Waals surface area contributed by atoms with Crippen LogP contribution in [0.1, 0.15) is 31.0 Å². The van der Waals surface area contributed by atoms with Crippen LogP contribution in [-0.2, 0) is 20.6 Å². The second-order valence-electron chi connectivity index (χ2n) is 12.6. The molecule has 3 amide bonds. The minimum absolute atomic E-state index is 0.0339. The lowest BCUT2D eigenvalue weighted by Crippen LogP contribution is -2.64. The highest BCUT2D eigenvalue weighted by Gasteiger charge is 2.42. The highest BCUT2D eigenvalue weighted by atomic mass is 19.4. The van der Waals surface area contributed by atoms with Crippen molar-refractivity contribution in [2.24, 2.45) is 0 Å². The van der Waals surface area contributed by atoms with Crippen LogP contribution < -0.4 is 14.7 Å². The van der Waals surface area contributed by atoms with Gasteiger partial charge in [-0.1, -0.05) is 12.6 Å². The number of aromatic nitrogens is 1. The van der Waals surface area contributed by atoms with Gasteiger partial charge < -0.3 is 14.7 Å².